The molecule has 3 amide bonds. The van der Waals surface area contributed by atoms with Crippen molar-refractivity contribution in [2.45, 2.75) is 19.1 Å². The Morgan fingerprint density at radius 3 is 2.72 bits per heavy atom. The maximum absolute atomic E-state index is 12.0. The SMILES string of the molecule is COc1cccc(N2C(=O)NC(C(C)O)C2=O)c1. The summed E-state index contributed by atoms with van der Waals surface area (Å²) in [6.07, 6.45) is -0.933. The first-order valence-electron chi connectivity index (χ1n) is 5.51. The van der Waals surface area contributed by atoms with Crippen LogP contribution in [0.4, 0.5) is 10.5 Å². The number of imide groups is 1. The first-order valence-corrected chi connectivity index (χ1v) is 5.51. The molecule has 0 aromatic heterocycles. The molecular formula is C12H14N2O4. The first kappa shape index (κ1) is 12.4. The summed E-state index contributed by atoms with van der Waals surface area (Å²) in [6, 6.07) is 5.17. The molecule has 0 bridgehead atoms. The minimum Gasteiger partial charge on any atom is -0.497 e. The van der Waals surface area contributed by atoms with Gasteiger partial charge in [0.05, 0.1) is 18.9 Å². The van der Waals surface area contributed by atoms with Crippen LogP contribution in [0.1, 0.15) is 6.92 Å². The second-order valence-electron chi connectivity index (χ2n) is 4.04. The molecule has 96 valence electrons. The van der Waals surface area contributed by atoms with Crippen molar-refractivity contribution in [2.75, 3.05) is 12.0 Å². The molecule has 1 aliphatic rings. The highest BCUT2D eigenvalue weighted by Crippen LogP contribution is 2.24. The van der Waals surface area contributed by atoms with Gasteiger partial charge in [0.2, 0.25) is 0 Å². The highest BCUT2D eigenvalue weighted by Gasteiger charge is 2.41. The molecule has 1 fully saturated rings. The van der Waals surface area contributed by atoms with Crippen molar-refractivity contribution in [3.05, 3.63) is 24.3 Å². The number of methoxy groups -OCH3 is 1. The quantitative estimate of drug-likeness (QED) is 0.766. The van der Waals surface area contributed by atoms with Crippen LogP contribution in [0.25, 0.3) is 0 Å². The molecule has 2 rings (SSSR count). The molecule has 0 aliphatic carbocycles. The lowest BCUT2D eigenvalue weighted by Crippen LogP contribution is -2.39. The van der Waals surface area contributed by atoms with E-state index in [2.05, 4.69) is 5.32 Å². The number of ether oxygens (including phenoxy) is 1. The van der Waals surface area contributed by atoms with E-state index in [1.165, 1.54) is 14.0 Å². The Kier molecular flexibility index (Phi) is 3.20. The van der Waals surface area contributed by atoms with Crippen molar-refractivity contribution in [3.8, 4) is 5.75 Å². The van der Waals surface area contributed by atoms with Crippen molar-refractivity contribution in [2.24, 2.45) is 0 Å². The van der Waals surface area contributed by atoms with Crippen LogP contribution in [-0.2, 0) is 4.79 Å². The van der Waals surface area contributed by atoms with Crippen molar-refractivity contribution in [1.29, 1.82) is 0 Å². The third kappa shape index (κ3) is 2.02. The molecule has 2 atom stereocenters. The van der Waals surface area contributed by atoms with E-state index in [1.807, 2.05) is 0 Å². The lowest BCUT2D eigenvalue weighted by atomic mass is 10.2. The number of amides is 3. The normalized spacial score (nSPS) is 20.8. The standard InChI is InChI=1S/C12H14N2O4/c1-7(15)10-11(16)14(12(17)13-10)8-4-3-5-9(6-8)18-2/h3-7,10,15H,1-2H3,(H,13,17). The lowest BCUT2D eigenvalue weighted by Gasteiger charge is -2.14. The van der Waals surface area contributed by atoms with Gasteiger partial charge in [-0.3, -0.25) is 4.79 Å². The predicted molar refractivity (Wildman–Crippen MR) is 64.5 cm³/mol. The number of carbonyl (C=O) groups is 2. The number of aliphatic hydroxyl groups is 1. The number of anilines is 1. The number of aliphatic hydroxyl groups excluding tert-OH is 1. The van der Waals surface area contributed by atoms with Crippen LogP contribution in [-0.4, -0.2) is 36.3 Å². The number of nitrogens with one attached hydrogen (secondary N) is 1. The molecule has 6 heteroatoms. The van der Waals surface area contributed by atoms with E-state index < -0.39 is 24.1 Å². The van der Waals surface area contributed by atoms with E-state index in [1.54, 1.807) is 24.3 Å². The van der Waals surface area contributed by atoms with Crippen molar-refractivity contribution in [1.82, 2.24) is 5.32 Å². The van der Waals surface area contributed by atoms with Crippen molar-refractivity contribution >= 4 is 17.6 Å². The zero-order chi connectivity index (χ0) is 13.3. The van der Waals surface area contributed by atoms with E-state index in [9.17, 15) is 14.7 Å². The number of urea groups is 1. The minimum atomic E-state index is -0.933. The molecule has 0 radical (unpaired) electrons. The van der Waals surface area contributed by atoms with Gasteiger partial charge in [-0.25, -0.2) is 9.69 Å². The highest BCUT2D eigenvalue weighted by atomic mass is 16.5. The topological polar surface area (TPSA) is 78.9 Å². The van der Waals surface area contributed by atoms with Crippen LogP contribution in [0.2, 0.25) is 0 Å². The number of hydrogen-bond donors (Lipinski definition) is 2. The summed E-state index contributed by atoms with van der Waals surface area (Å²) in [5, 5.41) is 11.9. The van der Waals surface area contributed by atoms with Crippen molar-refractivity contribution < 1.29 is 19.4 Å². The Morgan fingerprint density at radius 1 is 1.44 bits per heavy atom. The second kappa shape index (κ2) is 4.66. The Morgan fingerprint density at radius 2 is 2.17 bits per heavy atom. The Balaban J connectivity index is 2.33. The molecule has 18 heavy (non-hydrogen) atoms. The fourth-order valence-corrected chi connectivity index (χ4v) is 1.82. The predicted octanol–water partition coefficient (Wildman–Crippen LogP) is 0.501. The fraction of sp³-hybridized carbons (Fsp3) is 0.333. The van der Waals surface area contributed by atoms with Gasteiger partial charge in [-0.2, -0.15) is 0 Å². The zero-order valence-corrected chi connectivity index (χ0v) is 10.1. The van der Waals surface area contributed by atoms with Gasteiger partial charge in [0.1, 0.15) is 11.8 Å². The van der Waals surface area contributed by atoms with E-state index in [0.29, 0.717) is 11.4 Å². The summed E-state index contributed by atoms with van der Waals surface area (Å²) in [7, 11) is 1.50. The van der Waals surface area contributed by atoms with Crippen molar-refractivity contribution in [3.63, 3.8) is 0 Å². The third-order valence-electron chi connectivity index (χ3n) is 2.76. The minimum absolute atomic E-state index is 0.417. The van der Waals surface area contributed by atoms with Crippen LogP contribution < -0.4 is 15.0 Å². The maximum atomic E-state index is 12.0. The van der Waals surface area contributed by atoms with Crippen LogP contribution in [0, 0.1) is 0 Å². The van der Waals surface area contributed by atoms with Crippen LogP contribution in [0.3, 0.4) is 0 Å². The van der Waals surface area contributed by atoms with Gasteiger partial charge in [-0.15, -0.1) is 0 Å². The summed E-state index contributed by atoms with van der Waals surface area (Å²) in [5.41, 5.74) is 0.417. The summed E-state index contributed by atoms with van der Waals surface area (Å²) >= 11 is 0. The largest absolute Gasteiger partial charge is 0.497 e. The molecule has 1 heterocycles. The van der Waals surface area contributed by atoms with Gasteiger partial charge in [0, 0.05) is 6.07 Å². The number of benzene rings is 1. The van der Waals surface area contributed by atoms with E-state index in [4.69, 9.17) is 4.74 Å². The summed E-state index contributed by atoms with van der Waals surface area (Å²) < 4.78 is 5.04. The molecule has 6 nitrogen and oxygen atoms in total. The maximum Gasteiger partial charge on any atom is 0.329 e. The third-order valence-corrected chi connectivity index (χ3v) is 2.76. The molecule has 0 spiro atoms. The second-order valence-corrected chi connectivity index (χ2v) is 4.04. The van der Waals surface area contributed by atoms with Gasteiger partial charge in [0.15, 0.2) is 0 Å². The monoisotopic (exact) mass is 250 g/mol. The van der Waals surface area contributed by atoms with Gasteiger partial charge < -0.3 is 15.2 Å². The summed E-state index contributed by atoms with van der Waals surface area (Å²) in [5.74, 6) is 0.0804. The van der Waals surface area contributed by atoms with Gasteiger partial charge in [-0.05, 0) is 19.1 Å². The zero-order valence-electron chi connectivity index (χ0n) is 10.1. The van der Waals surface area contributed by atoms with E-state index in [0.717, 1.165) is 4.90 Å². The number of hydrogen-bond acceptors (Lipinski definition) is 4. The number of rotatable bonds is 3. The Hall–Kier alpha value is -2.08. The lowest BCUT2D eigenvalue weighted by molar-refractivity contribution is -0.120. The molecule has 0 saturated carbocycles. The van der Waals surface area contributed by atoms with E-state index >= 15 is 0 Å². The molecule has 2 unspecified atom stereocenters. The Labute approximate surface area is 104 Å². The molecule has 1 aromatic carbocycles. The number of carbonyl (C=O) groups excluding carboxylic acids is 2. The average molecular weight is 250 g/mol. The Bertz CT molecular complexity index is 487. The van der Waals surface area contributed by atoms with Gasteiger partial charge in [-0.1, -0.05) is 6.07 Å². The summed E-state index contributed by atoms with van der Waals surface area (Å²) in [6.45, 7) is 1.46. The van der Waals surface area contributed by atoms with E-state index in [-0.39, 0.29) is 0 Å². The van der Waals surface area contributed by atoms with Crippen LogP contribution >= 0.6 is 0 Å². The molecule has 1 saturated heterocycles. The van der Waals surface area contributed by atoms with Gasteiger partial charge >= 0.3 is 6.03 Å². The molecular weight excluding hydrogens is 236 g/mol. The van der Waals surface area contributed by atoms with Crippen LogP contribution in [0.5, 0.6) is 5.75 Å². The smallest absolute Gasteiger partial charge is 0.329 e. The molecule has 1 aromatic rings. The average Bonchev–Trinajstić information content (AvgIpc) is 2.65. The fourth-order valence-electron chi connectivity index (χ4n) is 1.82. The highest BCUT2D eigenvalue weighted by molar-refractivity contribution is 6.21. The molecule has 1 aliphatic heterocycles. The number of nitrogens with zero attached hydrogens (tertiary/aromatic N) is 1. The first-order chi connectivity index (χ1) is 8.54. The van der Waals surface area contributed by atoms with Gasteiger partial charge in [0.25, 0.3) is 5.91 Å². The summed E-state index contributed by atoms with van der Waals surface area (Å²) in [4.78, 5) is 24.7. The molecule has 2 N–H and O–H groups in total. The van der Waals surface area contributed by atoms with Crippen LogP contribution in [0.15, 0.2) is 24.3 Å².